The molecule has 0 aliphatic rings. The molecule has 1 amide bonds. The number of amides is 1. The summed E-state index contributed by atoms with van der Waals surface area (Å²) < 4.78 is 27.4. The minimum absolute atomic E-state index is 0.152. The first-order valence-electron chi connectivity index (χ1n) is 4.85. The summed E-state index contributed by atoms with van der Waals surface area (Å²) in [5.41, 5.74) is 0.544. The molecule has 1 rings (SSSR count). The van der Waals surface area contributed by atoms with Gasteiger partial charge in [-0.15, -0.1) is 0 Å². The molecule has 0 aliphatic heterocycles. The lowest BCUT2D eigenvalue weighted by molar-refractivity contribution is 0.205. The van der Waals surface area contributed by atoms with Gasteiger partial charge in [0.1, 0.15) is 11.5 Å². The molecule has 0 radical (unpaired) electrons. The Morgan fingerprint density at radius 1 is 1.39 bits per heavy atom. The highest BCUT2D eigenvalue weighted by Crippen LogP contribution is 2.13. The average Bonchev–Trinajstić information content (AvgIpc) is 2.36. The number of carbonyl (C=O) groups excluding carboxylic acids is 1. The van der Waals surface area contributed by atoms with Crippen LogP contribution >= 0.6 is 0 Å². The molecule has 0 fully saturated rings. The fraction of sp³-hybridized carbons (Fsp3) is 0.182. The van der Waals surface area contributed by atoms with E-state index in [2.05, 4.69) is 16.0 Å². The molecule has 6 nitrogen and oxygen atoms in total. The van der Waals surface area contributed by atoms with Gasteiger partial charge in [-0.25, -0.2) is 4.79 Å². The van der Waals surface area contributed by atoms with Crippen LogP contribution in [0.3, 0.4) is 0 Å². The van der Waals surface area contributed by atoms with Gasteiger partial charge in [0.2, 0.25) is 0 Å². The van der Waals surface area contributed by atoms with Crippen molar-refractivity contribution in [1.82, 2.24) is 5.32 Å². The second-order valence-electron chi connectivity index (χ2n) is 3.06. The van der Waals surface area contributed by atoms with Gasteiger partial charge in [0, 0.05) is 12.6 Å². The number of aliphatic hydroxyl groups is 1. The van der Waals surface area contributed by atoms with Gasteiger partial charge in [0.25, 0.3) is 0 Å². The molecular weight excluding hydrogens is 258 g/mol. The van der Waals surface area contributed by atoms with Gasteiger partial charge in [0.05, 0.1) is 0 Å². The molecule has 0 aromatic heterocycles. The molecule has 1 aromatic carbocycles. The number of rotatable bonds is 2. The first-order chi connectivity index (χ1) is 8.49. The highest BCUT2D eigenvalue weighted by Gasteiger charge is 2.18. The second kappa shape index (κ2) is 6.05. The van der Waals surface area contributed by atoms with Crippen LogP contribution in [0.25, 0.3) is 0 Å². The van der Waals surface area contributed by atoms with Crippen LogP contribution in [0.15, 0.2) is 29.2 Å². The zero-order chi connectivity index (χ0) is 13.6. The predicted molar refractivity (Wildman–Crippen MR) is 63.1 cm³/mol. The predicted octanol–water partition coefficient (Wildman–Crippen LogP) is 0.0751. The van der Waals surface area contributed by atoms with E-state index < -0.39 is 16.2 Å². The molecule has 0 saturated carbocycles. The molecule has 0 heterocycles. The van der Waals surface area contributed by atoms with Crippen LogP contribution in [0.5, 0.6) is 0 Å². The minimum Gasteiger partial charge on any atom is -0.384 e. The van der Waals surface area contributed by atoms with Crippen molar-refractivity contribution in [3.05, 3.63) is 29.8 Å². The number of aliphatic hydroxyl groups excluding tert-OH is 1. The third kappa shape index (κ3) is 3.76. The normalized spacial score (nSPS) is 10.1. The third-order valence-corrected chi connectivity index (χ3v) is 3.06. The van der Waals surface area contributed by atoms with Gasteiger partial charge in [0.15, 0.2) is 0 Å². The van der Waals surface area contributed by atoms with E-state index in [1.807, 2.05) is 5.32 Å². The maximum absolute atomic E-state index is 11.6. The molecule has 0 bridgehead atoms. The molecule has 2 N–H and O–H groups in total. The SMILES string of the molecule is CNC(=O)OS(=O)(=O)c1ccc(C#CCO)cc1. The molecule has 0 aliphatic carbocycles. The maximum atomic E-state index is 11.6. The average molecular weight is 269 g/mol. The largest absolute Gasteiger partial charge is 0.422 e. The van der Waals surface area contributed by atoms with Gasteiger partial charge in [-0.3, -0.25) is 0 Å². The topological polar surface area (TPSA) is 92.7 Å². The second-order valence-corrected chi connectivity index (χ2v) is 4.61. The van der Waals surface area contributed by atoms with Gasteiger partial charge in [-0.05, 0) is 24.3 Å². The summed E-state index contributed by atoms with van der Waals surface area (Å²) in [6, 6.07) is 5.42. The van der Waals surface area contributed by atoms with Gasteiger partial charge in [-0.2, -0.15) is 8.42 Å². The molecule has 0 unspecified atom stereocenters. The number of hydrogen-bond acceptors (Lipinski definition) is 5. The first kappa shape index (κ1) is 14.0. The van der Waals surface area contributed by atoms with E-state index >= 15 is 0 Å². The summed E-state index contributed by atoms with van der Waals surface area (Å²) in [6.07, 6.45) is -1.06. The standard InChI is InChI=1S/C11H11NO5S/c1-12-11(14)17-18(15,16)10-6-4-9(5-7-10)3-2-8-13/h4-7,13H,8H2,1H3,(H,12,14). The van der Waals surface area contributed by atoms with Gasteiger partial charge >= 0.3 is 16.2 Å². The van der Waals surface area contributed by atoms with Crippen molar-refractivity contribution in [2.45, 2.75) is 4.90 Å². The van der Waals surface area contributed by atoms with Crippen LogP contribution in [0.1, 0.15) is 5.56 Å². The van der Waals surface area contributed by atoms with Crippen molar-refractivity contribution >= 4 is 16.2 Å². The number of nitrogens with one attached hydrogen (secondary N) is 1. The van der Waals surface area contributed by atoms with Crippen LogP contribution in [-0.2, 0) is 14.3 Å². The highest BCUT2D eigenvalue weighted by molar-refractivity contribution is 7.87. The monoisotopic (exact) mass is 269 g/mol. The molecule has 7 heteroatoms. The minimum atomic E-state index is -4.12. The van der Waals surface area contributed by atoms with E-state index in [0.29, 0.717) is 5.56 Å². The Balaban J connectivity index is 2.94. The van der Waals surface area contributed by atoms with Crippen LogP contribution < -0.4 is 5.32 Å². The molecule has 96 valence electrons. The van der Waals surface area contributed by atoms with Crippen LogP contribution in [0.4, 0.5) is 4.79 Å². The highest BCUT2D eigenvalue weighted by atomic mass is 32.2. The van der Waals surface area contributed by atoms with E-state index in [9.17, 15) is 13.2 Å². The van der Waals surface area contributed by atoms with E-state index in [1.165, 1.54) is 31.3 Å². The lowest BCUT2D eigenvalue weighted by Gasteiger charge is -2.04. The van der Waals surface area contributed by atoms with Crippen molar-refractivity contribution in [3.8, 4) is 11.8 Å². The Kier molecular flexibility index (Phi) is 4.71. The van der Waals surface area contributed by atoms with E-state index in [4.69, 9.17) is 5.11 Å². The summed E-state index contributed by atoms with van der Waals surface area (Å²) in [4.78, 5) is 10.7. The molecule has 1 aromatic rings. The summed E-state index contributed by atoms with van der Waals surface area (Å²) >= 11 is 0. The Morgan fingerprint density at radius 3 is 2.50 bits per heavy atom. The maximum Gasteiger partial charge on any atom is 0.422 e. The molecule has 0 saturated heterocycles. The Labute approximate surface area is 105 Å². The van der Waals surface area contributed by atoms with Crippen LogP contribution in [0, 0.1) is 11.8 Å². The van der Waals surface area contributed by atoms with Crippen molar-refractivity contribution in [2.24, 2.45) is 0 Å². The lowest BCUT2D eigenvalue weighted by atomic mass is 10.2. The Hall–Kier alpha value is -2.04. The zero-order valence-electron chi connectivity index (χ0n) is 9.50. The first-order valence-corrected chi connectivity index (χ1v) is 6.26. The fourth-order valence-electron chi connectivity index (χ4n) is 1.04. The van der Waals surface area contributed by atoms with Gasteiger partial charge < -0.3 is 14.6 Å². The quantitative estimate of drug-likeness (QED) is 0.585. The van der Waals surface area contributed by atoms with Crippen molar-refractivity contribution in [3.63, 3.8) is 0 Å². The van der Waals surface area contributed by atoms with E-state index in [0.717, 1.165) is 0 Å². The Morgan fingerprint density at radius 2 is 2.00 bits per heavy atom. The lowest BCUT2D eigenvalue weighted by Crippen LogP contribution is -2.23. The molecule has 0 spiro atoms. The van der Waals surface area contributed by atoms with Crippen LogP contribution in [0.2, 0.25) is 0 Å². The van der Waals surface area contributed by atoms with E-state index in [-0.39, 0.29) is 11.5 Å². The van der Waals surface area contributed by atoms with E-state index in [1.54, 1.807) is 0 Å². The third-order valence-electron chi connectivity index (χ3n) is 1.84. The molecule has 0 atom stereocenters. The molecular formula is C11H11NO5S. The molecule has 18 heavy (non-hydrogen) atoms. The number of benzene rings is 1. The van der Waals surface area contributed by atoms with Crippen molar-refractivity contribution in [1.29, 1.82) is 0 Å². The number of carbonyl (C=O) groups is 1. The van der Waals surface area contributed by atoms with Crippen LogP contribution in [-0.4, -0.2) is 33.3 Å². The summed E-state index contributed by atoms with van der Waals surface area (Å²) in [5, 5.41) is 10.5. The smallest absolute Gasteiger partial charge is 0.384 e. The Bertz CT molecular complexity index is 580. The summed E-state index contributed by atoms with van der Waals surface area (Å²) in [7, 11) is -2.86. The fourth-order valence-corrected chi connectivity index (χ4v) is 1.88. The summed E-state index contributed by atoms with van der Waals surface area (Å²) in [6.45, 7) is -0.278. The summed E-state index contributed by atoms with van der Waals surface area (Å²) in [5.74, 6) is 5.03. The van der Waals surface area contributed by atoms with Crippen molar-refractivity contribution in [2.75, 3.05) is 13.7 Å². The van der Waals surface area contributed by atoms with Gasteiger partial charge in [-0.1, -0.05) is 11.8 Å². The number of hydrogen-bond donors (Lipinski definition) is 2. The zero-order valence-corrected chi connectivity index (χ0v) is 10.3. The van der Waals surface area contributed by atoms with Crippen molar-refractivity contribution < 1.29 is 22.5 Å².